The second-order valence-corrected chi connectivity index (χ2v) is 6.59. The Balaban J connectivity index is 2.23. The van der Waals surface area contributed by atoms with Crippen molar-refractivity contribution in [2.75, 3.05) is 13.2 Å². The zero-order valence-corrected chi connectivity index (χ0v) is 11.0. The second kappa shape index (κ2) is 4.71. The molecule has 0 bridgehead atoms. The van der Waals surface area contributed by atoms with Gasteiger partial charge in [-0.25, -0.2) is 8.42 Å². The summed E-state index contributed by atoms with van der Waals surface area (Å²) in [7, 11) is -3.42. The lowest BCUT2D eigenvalue weighted by molar-refractivity contribution is 0.119. The molecule has 18 heavy (non-hydrogen) atoms. The molecule has 0 amide bonds. The van der Waals surface area contributed by atoms with E-state index in [4.69, 9.17) is 10.00 Å². The summed E-state index contributed by atoms with van der Waals surface area (Å²) in [5, 5.41) is 8.53. The summed E-state index contributed by atoms with van der Waals surface area (Å²) in [5.41, 5.74) is -0.856. The highest BCUT2D eigenvalue weighted by atomic mass is 32.2. The predicted molar refractivity (Wildman–Crippen MR) is 66.6 cm³/mol. The quantitative estimate of drug-likeness (QED) is 0.814. The molecule has 0 aromatic heterocycles. The zero-order valence-electron chi connectivity index (χ0n) is 10.2. The number of hydrogen-bond acceptors (Lipinski definition) is 4. The van der Waals surface area contributed by atoms with E-state index in [1.807, 2.05) is 6.92 Å². The third-order valence-electron chi connectivity index (χ3n) is 3.24. The summed E-state index contributed by atoms with van der Waals surface area (Å²) < 4.78 is 29.9. The minimum absolute atomic E-state index is 0.191. The Morgan fingerprint density at radius 3 is 2.67 bits per heavy atom. The van der Waals surface area contributed by atoms with Crippen LogP contribution in [-0.4, -0.2) is 26.9 Å². The lowest BCUT2D eigenvalue weighted by Gasteiger charge is -2.09. The lowest BCUT2D eigenvalue weighted by atomic mass is 10.1. The van der Waals surface area contributed by atoms with Gasteiger partial charge in [-0.3, -0.25) is 0 Å². The van der Waals surface area contributed by atoms with E-state index in [9.17, 15) is 8.42 Å². The maximum absolute atomic E-state index is 12.3. The van der Waals surface area contributed by atoms with Gasteiger partial charge in [-0.1, -0.05) is 18.2 Å². The van der Waals surface area contributed by atoms with Crippen molar-refractivity contribution >= 4 is 9.84 Å². The number of rotatable bonds is 5. The van der Waals surface area contributed by atoms with Gasteiger partial charge in [0.15, 0.2) is 9.84 Å². The first-order valence-electron chi connectivity index (χ1n) is 5.85. The number of benzene rings is 1. The molecule has 1 aromatic rings. The Kier molecular flexibility index (Phi) is 3.42. The van der Waals surface area contributed by atoms with E-state index in [1.54, 1.807) is 30.3 Å². The van der Waals surface area contributed by atoms with Crippen LogP contribution in [-0.2, 0) is 14.6 Å². The molecule has 0 spiro atoms. The van der Waals surface area contributed by atoms with Crippen molar-refractivity contribution < 1.29 is 13.2 Å². The third kappa shape index (κ3) is 2.14. The Hall–Kier alpha value is -1.38. The first kappa shape index (κ1) is 13.1. The standard InChI is InChI=1S/C13H15NO3S/c1-2-17-10-13(9-14)8-12(13)18(15,16)11-6-4-3-5-7-11/h3-7,12H,2,8,10H2,1H3/t12-,13+/m1/s1. The molecule has 5 heteroatoms. The molecule has 0 heterocycles. The van der Waals surface area contributed by atoms with Crippen LogP contribution in [0.25, 0.3) is 0 Å². The van der Waals surface area contributed by atoms with Crippen molar-refractivity contribution in [3.63, 3.8) is 0 Å². The molecule has 4 nitrogen and oxygen atoms in total. The van der Waals surface area contributed by atoms with Crippen molar-refractivity contribution in [3.05, 3.63) is 30.3 Å². The molecule has 1 saturated carbocycles. The Labute approximate surface area is 107 Å². The summed E-state index contributed by atoms with van der Waals surface area (Å²) >= 11 is 0. The molecule has 1 aromatic carbocycles. The first-order chi connectivity index (χ1) is 8.57. The molecule has 0 unspecified atom stereocenters. The Morgan fingerprint density at radius 2 is 2.11 bits per heavy atom. The van der Waals surface area contributed by atoms with Crippen molar-refractivity contribution in [2.45, 2.75) is 23.5 Å². The van der Waals surface area contributed by atoms with Crippen molar-refractivity contribution in [1.82, 2.24) is 0 Å². The maximum Gasteiger partial charge on any atom is 0.182 e. The van der Waals surface area contributed by atoms with Gasteiger partial charge in [-0.05, 0) is 25.5 Å². The molecule has 0 aliphatic heterocycles. The van der Waals surface area contributed by atoms with E-state index in [0.717, 1.165) is 0 Å². The molecule has 96 valence electrons. The highest BCUT2D eigenvalue weighted by molar-refractivity contribution is 7.92. The smallest absolute Gasteiger partial charge is 0.182 e. The summed E-state index contributed by atoms with van der Waals surface area (Å²) in [6.45, 7) is 2.51. The number of nitrogens with zero attached hydrogens (tertiary/aromatic N) is 1. The van der Waals surface area contributed by atoms with Crippen LogP contribution in [0, 0.1) is 16.7 Å². The van der Waals surface area contributed by atoms with E-state index < -0.39 is 20.5 Å². The van der Waals surface area contributed by atoms with Crippen LogP contribution >= 0.6 is 0 Å². The highest BCUT2D eigenvalue weighted by Gasteiger charge is 2.62. The van der Waals surface area contributed by atoms with Gasteiger partial charge in [-0.2, -0.15) is 5.26 Å². The van der Waals surface area contributed by atoms with Crippen molar-refractivity contribution in [1.29, 1.82) is 5.26 Å². The molecule has 2 rings (SSSR count). The molecule has 0 N–H and O–H groups in total. The van der Waals surface area contributed by atoms with E-state index in [1.165, 1.54) is 0 Å². The number of sulfone groups is 1. The third-order valence-corrected chi connectivity index (χ3v) is 5.53. The molecule has 1 fully saturated rings. The Bertz CT molecular complexity index is 562. The summed E-state index contributed by atoms with van der Waals surface area (Å²) in [6.07, 6.45) is 0.362. The topological polar surface area (TPSA) is 67.2 Å². The largest absolute Gasteiger partial charge is 0.380 e. The van der Waals surface area contributed by atoms with E-state index >= 15 is 0 Å². The Morgan fingerprint density at radius 1 is 1.44 bits per heavy atom. The van der Waals surface area contributed by atoms with Gasteiger partial charge in [-0.15, -0.1) is 0 Å². The van der Waals surface area contributed by atoms with Gasteiger partial charge in [0.2, 0.25) is 0 Å². The van der Waals surface area contributed by atoms with Gasteiger partial charge in [0, 0.05) is 6.61 Å². The molecule has 0 radical (unpaired) electrons. The van der Waals surface area contributed by atoms with Crippen LogP contribution in [0.1, 0.15) is 13.3 Å². The van der Waals surface area contributed by atoms with Crippen molar-refractivity contribution in [2.24, 2.45) is 5.41 Å². The number of nitriles is 1. The molecule has 0 saturated heterocycles. The first-order valence-corrected chi connectivity index (χ1v) is 7.39. The van der Waals surface area contributed by atoms with Crippen molar-refractivity contribution in [3.8, 4) is 6.07 Å². The maximum atomic E-state index is 12.3. The minimum atomic E-state index is -3.42. The SMILES string of the molecule is CCOC[C@@]1(C#N)C[C@H]1S(=O)(=O)c1ccccc1. The molecule has 1 aliphatic carbocycles. The fourth-order valence-corrected chi connectivity index (χ4v) is 4.14. The molecular weight excluding hydrogens is 250 g/mol. The fourth-order valence-electron chi connectivity index (χ4n) is 2.04. The van der Waals surface area contributed by atoms with Crippen LogP contribution in [0.15, 0.2) is 35.2 Å². The monoisotopic (exact) mass is 265 g/mol. The summed E-state index contributed by atoms with van der Waals surface area (Å²) in [4.78, 5) is 0.281. The van der Waals surface area contributed by atoms with Gasteiger partial charge >= 0.3 is 0 Å². The molecule has 1 aliphatic rings. The number of ether oxygens (including phenoxy) is 1. The fraction of sp³-hybridized carbons (Fsp3) is 0.462. The van der Waals surface area contributed by atoms with Gasteiger partial charge < -0.3 is 4.74 Å². The van der Waals surface area contributed by atoms with Gasteiger partial charge in [0.25, 0.3) is 0 Å². The van der Waals surface area contributed by atoms with Crippen LogP contribution in [0.3, 0.4) is 0 Å². The van der Waals surface area contributed by atoms with E-state index in [-0.39, 0.29) is 11.5 Å². The lowest BCUT2D eigenvalue weighted by Crippen LogP contribution is -2.19. The van der Waals surface area contributed by atoms with Crippen LogP contribution in [0.5, 0.6) is 0 Å². The average molecular weight is 265 g/mol. The number of hydrogen-bond donors (Lipinski definition) is 0. The van der Waals surface area contributed by atoms with E-state index in [2.05, 4.69) is 6.07 Å². The normalized spacial score (nSPS) is 26.6. The zero-order chi connectivity index (χ0) is 13.2. The van der Waals surface area contributed by atoms with Crippen LogP contribution < -0.4 is 0 Å². The molecular formula is C13H15NO3S. The second-order valence-electron chi connectivity index (χ2n) is 4.46. The predicted octanol–water partition coefficient (Wildman–Crippen LogP) is 1.78. The van der Waals surface area contributed by atoms with Crippen LogP contribution in [0.4, 0.5) is 0 Å². The average Bonchev–Trinajstić information content (AvgIpc) is 3.14. The highest BCUT2D eigenvalue weighted by Crippen LogP contribution is 2.52. The molecule has 2 atom stereocenters. The summed E-state index contributed by atoms with van der Waals surface area (Å²) in [6, 6.07) is 10.4. The van der Waals surface area contributed by atoms with Gasteiger partial charge in [0.05, 0.1) is 28.2 Å². The summed E-state index contributed by atoms with van der Waals surface area (Å²) in [5.74, 6) is 0. The van der Waals surface area contributed by atoms with Gasteiger partial charge in [0.1, 0.15) is 0 Å². The van der Waals surface area contributed by atoms with Crippen LogP contribution in [0.2, 0.25) is 0 Å². The van der Waals surface area contributed by atoms with E-state index in [0.29, 0.717) is 13.0 Å². The minimum Gasteiger partial charge on any atom is -0.380 e.